The van der Waals surface area contributed by atoms with E-state index in [2.05, 4.69) is 144 Å². The Morgan fingerprint density at radius 3 is 1.80 bits per heavy atom. The average Bonchev–Trinajstić information content (AvgIpc) is 3.93. The summed E-state index contributed by atoms with van der Waals surface area (Å²) in [5.41, 5.74) is 8.77. The molecular weight excluding hydrogens is 665 g/mol. The second-order valence-corrected chi connectivity index (χ2v) is 14.0. The molecule has 0 unspecified atom stereocenters. The molecule has 54 heavy (non-hydrogen) atoms. The summed E-state index contributed by atoms with van der Waals surface area (Å²) in [5.74, 6) is 0.573. The fourth-order valence-corrected chi connectivity index (χ4v) is 8.26. The summed E-state index contributed by atoms with van der Waals surface area (Å²) in [7, 11) is 0. The minimum absolute atomic E-state index is 0.573. The molecule has 12 rings (SSSR count). The van der Waals surface area contributed by atoms with Crippen LogP contribution in [0.15, 0.2) is 183 Å². The van der Waals surface area contributed by atoms with Crippen molar-refractivity contribution in [2.45, 2.75) is 0 Å². The van der Waals surface area contributed by atoms with Crippen molar-refractivity contribution < 1.29 is 13.3 Å². The maximum absolute atomic E-state index is 6.62. The van der Waals surface area contributed by atoms with Crippen molar-refractivity contribution in [3.63, 3.8) is 0 Å². The lowest BCUT2D eigenvalue weighted by atomic mass is 10.0. The van der Waals surface area contributed by atoms with Crippen molar-refractivity contribution in [3.8, 4) is 11.5 Å². The molecule has 5 heteroatoms. The number of hydrogen-bond donors (Lipinski definition) is 0. The molecule has 0 aliphatic carbocycles. The van der Waals surface area contributed by atoms with Crippen LogP contribution < -0.4 is 4.90 Å². The molecule has 0 atom stereocenters. The summed E-state index contributed by atoms with van der Waals surface area (Å²) in [6.45, 7) is 0. The van der Waals surface area contributed by atoms with Crippen molar-refractivity contribution in [1.29, 1.82) is 0 Å². The van der Waals surface area contributed by atoms with Gasteiger partial charge in [0.1, 0.15) is 27.8 Å². The van der Waals surface area contributed by atoms with Crippen molar-refractivity contribution in [1.82, 2.24) is 4.98 Å². The van der Waals surface area contributed by atoms with Gasteiger partial charge in [0.25, 0.3) is 0 Å². The molecule has 0 saturated carbocycles. The summed E-state index contributed by atoms with van der Waals surface area (Å²) in [4.78, 5) is 7.30. The van der Waals surface area contributed by atoms with Crippen molar-refractivity contribution >= 4 is 104 Å². The van der Waals surface area contributed by atoms with Gasteiger partial charge in [-0.2, -0.15) is 0 Å². The van der Waals surface area contributed by atoms with Gasteiger partial charge in [-0.05, 0) is 93.7 Å². The molecule has 0 aliphatic heterocycles. The van der Waals surface area contributed by atoms with Crippen LogP contribution in [0.4, 0.5) is 17.1 Å². The zero-order chi connectivity index (χ0) is 35.3. The van der Waals surface area contributed by atoms with Gasteiger partial charge in [-0.25, -0.2) is 4.98 Å². The van der Waals surface area contributed by atoms with Crippen LogP contribution in [0.2, 0.25) is 0 Å². The molecule has 5 nitrogen and oxygen atoms in total. The summed E-state index contributed by atoms with van der Waals surface area (Å²) < 4.78 is 19.6. The number of nitrogens with zero attached hydrogens (tertiary/aromatic N) is 2. The van der Waals surface area contributed by atoms with Gasteiger partial charge in [-0.1, -0.05) is 91.0 Å². The van der Waals surface area contributed by atoms with Crippen LogP contribution in [0, 0.1) is 0 Å². The highest BCUT2D eigenvalue weighted by molar-refractivity contribution is 6.14. The van der Waals surface area contributed by atoms with E-state index < -0.39 is 0 Å². The first-order valence-corrected chi connectivity index (χ1v) is 18.1. The Balaban J connectivity index is 1.04. The van der Waals surface area contributed by atoms with Gasteiger partial charge >= 0.3 is 0 Å². The van der Waals surface area contributed by atoms with Crippen LogP contribution in [0.25, 0.3) is 98.7 Å². The van der Waals surface area contributed by atoms with Gasteiger partial charge in [0.15, 0.2) is 5.58 Å². The van der Waals surface area contributed by atoms with Crippen LogP contribution in [-0.4, -0.2) is 4.98 Å². The Bertz CT molecular complexity index is 3480. The smallest absolute Gasteiger partial charge is 0.228 e. The Labute approximate surface area is 307 Å². The first kappa shape index (κ1) is 29.2. The van der Waals surface area contributed by atoms with Crippen LogP contribution in [-0.2, 0) is 0 Å². The number of aromatic nitrogens is 1. The third-order valence-electron chi connectivity index (χ3n) is 10.8. The van der Waals surface area contributed by atoms with Crippen molar-refractivity contribution in [2.75, 3.05) is 4.90 Å². The lowest BCUT2D eigenvalue weighted by Crippen LogP contribution is -2.09. The van der Waals surface area contributed by atoms with E-state index in [0.29, 0.717) is 5.89 Å². The van der Waals surface area contributed by atoms with Gasteiger partial charge in [-0.15, -0.1) is 0 Å². The standard InChI is InChI=1S/C49H28N2O3/c1-2-10-31-24-34(18-16-29(31)8-1)51(35-19-21-38-41-25-32-11-3-4-12-33(32)26-44(41)53-45(38)27-35)36-20-22-39-46(28-36)52-42-15-7-14-40(47(39)42)49-50-48-37-13-6-5-9-30(37)17-23-43(48)54-49/h1-28H. The third kappa shape index (κ3) is 4.36. The molecule has 0 bridgehead atoms. The van der Waals surface area contributed by atoms with Crippen LogP contribution >= 0.6 is 0 Å². The van der Waals surface area contributed by atoms with Crippen molar-refractivity contribution in [3.05, 3.63) is 170 Å². The summed E-state index contributed by atoms with van der Waals surface area (Å²) >= 11 is 0. The third-order valence-corrected chi connectivity index (χ3v) is 10.8. The number of rotatable bonds is 4. The maximum atomic E-state index is 6.62. The normalized spacial score (nSPS) is 12.1. The number of anilines is 3. The largest absolute Gasteiger partial charge is 0.456 e. The molecule has 3 aromatic heterocycles. The quantitative estimate of drug-likeness (QED) is 0.184. The summed E-state index contributed by atoms with van der Waals surface area (Å²) in [6, 6.07) is 59.2. The minimum atomic E-state index is 0.573. The molecule has 0 amide bonds. The van der Waals surface area contributed by atoms with E-state index in [4.69, 9.17) is 18.2 Å². The van der Waals surface area contributed by atoms with E-state index in [1.807, 2.05) is 30.3 Å². The lowest BCUT2D eigenvalue weighted by molar-refractivity contribution is 0.620. The fraction of sp³-hybridized carbons (Fsp3) is 0. The Morgan fingerprint density at radius 2 is 0.963 bits per heavy atom. The maximum Gasteiger partial charge on any atom is 0.228 e. The van der Waals surface area contributed by atoms with Gasteiger partial charge < -0.3 is 18.2 Å². The first-order valence-electron chi connectivity index (χ1n) is 18.1. The SMILES string of the molecule is c1ccc2cc(N(c3ccc4c(c3)oc3cc5ccccc5cc34)c3ccc4c(c3)oc3cccc(-c5nc6c(ccc7ccccc76)o5)c34)ccc2c1. The van der Waals surface area contributed by atoms with E-state index in [0.717, 1.165) is 99.1 Å². The highest BCUT2D eigenvalue weighted by Crippen LogP contribution is 2.44. The molecular formula is C49H28N2O3. The number of oxazole rings is 1. The summed E-state index contributed by atoms with van der Waals surface area (Å²) in [6.07, 6.45) is 0. The van der Waals surface area contributed by atoms with Crippen molar-refractivity contribution in [2.24, 2.45) is 0 Å². The average molecular weight is 693 g/mol. The number of furan rings is 2. The zero-order valence-electron chi connectivity index (χ0n) is 28.8. The van der Waals surface area contributed by atoms with Crippen LogP contribution in [0.1, 0.15) is 0 Å². The minimum Gasteiger partial charge on any atom is -0.456 e. The van der Waals surface area contributed by atoms with Gasteiger partial charge in [0, 0.05) is 61.7 Å². The number of hydrogen-bond acceptors (Lipinski definition) is 5. The second kappa shape index (κ2) is 11.1. The molecule has 12 aromatic rings. The van der Waals surface area contributed by atoms with E-state index in [1.165, 1.54) is 10.8 Å². The molecule has 3 heterocycles. The molecule has 9 aromatic carbocycles. The predicted octanol–water partition coefficient (Wildman–Crippen LogP) is 14.2. The van der Waals surface area contributed by atoms with Gasteiger partial charge in [-0.3, -0.25) is 0 Å². The van der Waals surface area contributed by atoms with E-state index in [1.54, 1.807) is 0 Å². The first-order chi connectivity index (χ1) is 26.7. The molecule has 0 N–H and O–H groups in total. The molecule has 0 aliphatic rings. The highest BCUT2D eigenvalue weighted by Gasteiger charge is 2.21. The van der Waals surface area contributed by atoms with Gasteiger partial charge in [0.05, 0.1) is 0 Å². The Hall–Kier alpha value is -7.37. The monoisotopic (exact) mass is 692 g/mol. The Kier molecular flexibility index (Phi) is 5.99. The predicted molar refractivity (Wildman–Crippen MR) is 221 cm³/mol. The highest BCUT2D eigenvalue weighted by atomic mass is 16.4. The molecule has 0 radical (unpaired) electrons. The van der Waals surface area contributed by atoms with Gasteiger partial charge in [0.2, 0.25) is 5.89 Å². The topological polar surface area (TPSA) is 55.6 Å². The van der Waals surface area contributed by atoms with E-state index in [-0.39, 0.29) is 0 Å². The van der Waals surface area contributed by atoms with Crippen LogP contribution in [0.3, 0.4) is 0 Å². The molecule has 0 fully saturated rings. The van der Waals surface area contributed by atoms with E-state index >= 15 is 0 Å². The summed E-state index contributed by atoms with van der Waals surface area (Å²) in [5, 5.41) is 11.1. The number of fused-ring (bicyclic) bond motifs is 11. The second-order valence-electron chi connectivity index (χ2n) is 14.0. The van der Waals surface area contributed by atoms with Crippen LogP contribution in [0.5, 0.6) is 0 Å². The molecule has 0 saturated heterocycles. The molecule has 0 spiro atoms. The lowest BCUT2D eigenvalue weighted by Gasteiger charge is -2.25. The molecule has 252 valence electrons. The Morgan fingerprint density at radius 1 is 0.352 bits per heavy atom. The fourth-order valence-electron chi connectivity index (χ4n) is 8.26. The zero-order valence-corrected chi connectivity index (χ0v) is 28.8. The van der Waals surface area contributed by atoms with E-state index in [9.17, 15) is 0 Å². The number of benzene rings is 9.